The van der Waals surface area contributed by atoms with Gasteiger partial charge < -0.3 is 20.4 Å². The maximum atomic E-state index is 14.3. The van der Waals surface area contributed by atoms with Crippen LogP contribution in [0.25, 0.3) is 11.1 Å². The number of benzene rings is 2. The van der Waals surface area contributed by atoms with Crippen LogP contribution >= 0.6 is 39.5 Å². The van der Waals surface area contributed by atoms with Crippen molar-refractivity contribution < 1.29 is 27.2 Å². The number of hydrogen-bond donors (Lipinski definition) is 2. The third-order valence-corrected chi connectivity index (χ3v) is 12.9. The van der Waals surface area contributed by atoms with Crippen molar-refractivity contribution in [1.29, 1.82) is 0 Å². The van der Waals surface area contributed by atoms with E-state index in [9.17, 15) is 27.2 Å². The molecule has 7 rings (SSSR count). The van der Waals surface area contributed by atoms with Crippen molar-refractivity contribution in [2.75, 3.05) is 59.1 Å². The number of thioether (sulfide) groups is 2. The molecule has 2 aromatic carbocycles. The highest BCUT2D eigenvalue weighted by Crippen LogP contribution is 2.36. The third-order valence-electron chi connectivity index (χ3n) is 10.7. The number of halogens is 5. The molecule has 1 saturated heterocycles. The Balaban J connectivity index is 0.000000232. The lowest BCUT2D eigenvalue weighted by Crippen LogP contribution is -2.35. The van der Waals surface area contributed by atoms with Gasteiger partial charge in [-0.2, -0.15) is 0 Å². The number of amides is 2. The number of carbonyl (C=O) groups is 2. The first kappa shape index (κ1) is 49.3. The standard InChI is InChI=1S/C25H26F2N4OS.C20H22BrF2N3OS.C2H6/c1-17-21(18-6-4-11-28-15-18)16-29-23(31-12-5-9-25(26,27)10-13-31)22(17)24(32)30-19-7-3-8-20(14-19)33-2;1-13-16(21)12-25-18-17(13)19(27)26(14-5-3-6-15(11-14)28-2)10-8-20(22,23)7-4-9-24-18;1-2/h3-4,6-8,11,14-16H,5,9-10,12-13H2,1-2H3,(H,30,32);3,5-6,11-12H,4,7-10H2,1-2H3,(H,24,25);1-2H3. The van der Waals surface area contributed by atoms with E-state index in [1.54, 1.807) is 54.4 Å². The summed E-state index contributed by atoms with van der Waals surface area (Å²) in [4.78, 5) is 45.5. The zero-order valence-electron chi connectivity index (χ0n) is 36.4. The molecule has 9 nitrogen and oxygen atoms in total. The van der Waals surface area contributed by atoms with Crippen molar-refractivity contribution >= 4 is 74.3 Å². The molecule has 5 aromatic rings. The van der Waals surface area contributed by atoms with Gasteiger partial charge in [0.25, 0.3) is 11.8 Å². The minimum Gasteiger partial charge on any atom is -0.369 e. The molecule has 5 heterocycles. The minimum atomic E-state index is -2.82. The Labute approximate surface area is 384 Å². The number of anilines is 4. The summed E-state index contributed by atoms with van der Waals surface area (Å²) in [7, 11) is 0. The second kappa shape index (κ2) is 22.8. The van der Waals surface area contributed by atoms with Gasteiger partial charge in [-0.05, 0) is 109 Å². The normalized spacial score (nSPS) is 16.1. The molecule has 0 spiro atoms. The lowest BCUT2D eigenvalue weighted by Gasteiger charge is -2.26. The smallest absolute Gasteiger partial charge is 0.262 e. The second-order valence-corrected chi connectivity index (χ2v) is 17.5. The van der Waals surface area contributed by atoms with Crippen molar-refractivity contribution in [2.24, 2.45) is 0 Å². The van der Waals surface area contributed by atoms with Crippen LogP contribution in [0.4, 0.5) is 40.6 Å². The van der Waals surface area contributed by atoms with Crippen molar-refractivity contribution in [1.82, 2.24) is 15.0 Å². The number of pyridine rings is 3. The summed E-state index contributed by atoms with van der Waals surface area (Å²) in [5, 5.41) is 6.06. The number of rotatable bonds is 7. The molecule has 2 N–H and O–H groups in total. The summed E-state index contributed by atoms with van der Waals surface area (Å²) in [5.74, 6) is -5.28. The molecule has 63 heavy (non-hydrogen) atoms. The van der Waals surface area contributed by atoms with Crippen molar-refractivity contribution in [3.8, 4) is 11.1 Å². The molecule has 2 aliphatic rings. The van der Waals surface area contributed by atoms with Gasteiger partial charge in [-0.3, -0.25) is 14.6 Å². The van der Waals surface area contributed by atoms with Crippen LogP contribution in [0.1, 0.15) is 84.2 Å². The van der Waals surface area contributed by atoms with E-state index >= 15 is 0 Å². The number of fused-ring (bicyclic) bond motifs is 1. The van der Waals surface area contributed by atoms with Crippen LogP contribution in [0.3, 0.4) is 0 Å². The molecule has 0 atom stereocenters. The van der Waals surface area contributed by atoms with E-state index in [4.69, 9.17) is 0 Å². The Morgan fingerprint density at radius 2 is 1.49 bits per heavy atom. The highest BCUT2D eigenvalue weighted by molar-refractivity contribution is 9.10. The van der Waals surface area contributed by atoms with Crippen molar-refractivity contribution in [3.05, 3.63) is 112 Å². The summed E-state index contributed by atoms with van der Waals surface area (Å²) >= 11 is 6.56. The molecule has 336 valence electrons. The van der Waals surface area contributed by atoms with Gasteiger partial charge in [-0.15, -0.1) is 23.5 Å². The fourth-order valence-electron chi connectivity index (χ4n) is 7.28. The average molecular weight is 969 g/mol. The Morgan fingerprint density at radius 1 is 0.810 bits per heavy atom. The zero-order valence-corrected chi connectivity index (χ0v) is 39.6. The SMILES string of the molecule is CC.CSc1cccc(N2CCC(F)(F)CCCNc3ncc(Br)c(C)c3C2=O)c1.CSc1cccc(NC(=O)c2c(N3CCCC(F)(F)CC3)ncc(-c3cccnc3)c2C)c1. The van der Waals surface area contributed by atoms with Crippen LogP contribution in [0.2, 0.25) is 0 Å². The number of nitrogens with one attached hydrogen (secondary N) is 2. The van der Waals surface area contributed by atoms with Gasteiger partial charge in [0, 0.05) is 113 Å². The van der Waals surface area contributed by atoms with Crippen LogP contribution in [0.15, 0.2) is 99.7 Å². The predicted molar refractivity (Wildman–Crippen MR) is 255 cm³/mol. The summed E-state index contributed by atoms with van der Waals surface area (Å²) in [6.07, 6.45) is 10.3. The monoisotopic (exact) mass is 967 g/mol. The molecule has 0 bridgehead atoms. The summed E-state index contributed by atoms with van der Waals surface area (Å²) in [6, 6.07) is 18.7. The van der Waals surface area contributed by atoms with E-state index in [0.717, 1.165) is 32.0 Å². The summed E-state index contributed by atoms with van der Waals surface area (Å²) in [6.45, 7) is 8.55. The fourth-order valence-corrected chi connectivity index (χ4v) is 8.49. The van der Waals surface area contributed by atoms with Gasteiger partial charge in [0.2, 0.25) is 11.8 Å². The molecule has 16 heteroatoms. The quantitative estimate of drug-likeness (QED) is 0.122. The fraction of sp³-hybridized carbons (Fsp3) is 0.383. The van der Waals surface area contributed by atoms with E-state index in [1.165, 1.54) is 4.90 Å². The molecular weight excluding hydrogens is 915 g/mol. The molecule has 3 aromatic heterocycles. The topological polar surface area (TPSA) is 103 Å². The average Bonchev–Trinajstić information content (AvgIpc) is 3.48. The molecule has 0 aliphatic carbocycles. The maximum absolute atomic E-state index is 14.3. The third kappa shape index (κ3) is 13.0. The largest absolute Gasteiger partial charge is 0.369 e. The van der Waals surface area contributed by atoms with Gasteiger partial charge in [0.15, 0.2) is 0 Å². The van der Waals surface area contributed by atoms with E-state index in [1.807, 2.05) is 99.7 Å². The highest BCUT2D eigenvalue weighted by Gasteiger charge is 2.35. The van der Waals surface area contributed by atoms with Crippen LogP contribution in [0.5, 0.6) is 0 Å². The molecule has 1 fully saturated rings. The minimum absolute atomic E-state index is 0.0605. The number of nitrogens with zero attached hydrogens (tertiary/aromatic N) is 5. The Hall–Kier alpha value is -4.67. The van der Waals surface area contributed by atoms with E-state index in [0.29, 0.717) is 64.5 Å². The van der Waals surface area contributed by atoms with Gasteiger partial charge in [-0.1, -0.05) is 32.0 Å². The van der Waals surface area contributed by atoms with E-state index in [-0.39, 0.29) is 50.6 Å². The highest BCUT2D eigenvalue weighted by atomic mass is 79.9. The lowest BCUT2D eigenvalue weighted by molar-refractivity contribution is -0.0148. The van der Waals surface area contributed by atoms with Gasteiger partial charge in [0.1, 0.15) is 11.6 Å². The Kier molecular flexibility index (Phi) is 17.9. The number of aromatic nitrogens is 3. The number of hydrogen-bond acceptors (Lipinski definition) is 9. The Bertz CT molecular complexity index is 2340. The molecular formula is C47H54BrF4N7O2S2. The van der Waals surface area contributed by atoms with E-state index in [2.05, 4.69) is 41.5 Å². The van der Waals surface area contributed by atoms with Crippen LogP contribution in [-0.4, -0.2) is 77.3 Å². The maximum Gasteiger partial charge on any atom is 0.262 e. The number of carbonyl (C=O) groups excluding carboxylic acids is 2. The second-order valence-electron chi connectivity index (χ2n) is 14.9. The van der Waals surface area contributed by atoms with Crippen LogP contribution in [-0.2, 0) is 0 Å². The van der Waals surface area contributed by atoms with Crippen molar-refractivity contribution in [3.63, 3.8) is 0 Å². The first-order chi connectivity index (χ1) is 30.2. The van der Waals surface area contributed by atoms with Crippen molar-refractivity contribution in [2.45, 2.75) is 87.9 Å². The summed E-state index contributed by atoms with van der Waals surface area (Å²) < 4.78 is 57.4. The summed E-state index contributed by atoms with van der Waals surface area (Å²) in [5.41, 5.74) is 5.20. The van der Waals surface area contributed by atoms with E-state index < -0.39 is 11.8 Å². The van der Waals surface area contributed by atoms with Gasteiger partial charge in [-0.25, -0.2) is 27.5 Å². The lowest BCUT2D eigenvalue weighted by atomic mass is 9.98. The number of alkyl halides is 4. The predicted octanol–water partition coefficient (Wildman–Crippen LogP) is 12.8. The first-order valence-corrected chi connectivity index (χ1v) is 24.2. The molecule has 0 unspecified atom stereocenters. The van der Waals surface area contributed by atoms with Gasteiger partial charge in [0.05, 0.1) is 11.1 Å². The van der Waals surface area contributed by atoms with Gasteiger partial charge >= 0.3 is 0 Å². The first-order valence-electron chi connectivity index (χ1n) is 20.9. The molecule has 0 saturated carbocycles. The molecule has 0 radical (unpaired) electrons. The van der Waals surface area contributed by atoms with Crippen LogP contribution < -0.4 is 20.4 Å². The van der Waals surface area contributed by atoms with Crippen LogP contribution in [0, 0.1) is 13.8 Å². The Morgan fingerprint density at radius 3 is 2.19 bits per heavy atom. The molecule has 2 aliphatic heterocycles. The zero-order chi connectivity index (χ0) is 45.7. The molecule has 2 amide bonds.